The second kappa shape index (κ2) is 4.01. The summed E-state index contributed by atoms with van der Waals surface area (Å²) < 4.78 is 102. The summed E-state index contributed by atoms with van der Waals surface area (Å²) in [5.74, 6) is -18.4. The van der Waals surface area contributed by atoms with Crippen LogP contribution >= 0.6 is 11.6 Å². The normalized spacial score (nSPS) is 14.9. The second-order valence-corrected chi connectivity index (χ2v) is 3.78. The first-order valence-corrected chi connectivity index (χ1v) is 4.57. The predicted octanol–water partition coefficient (Wildman–Crippen LogP) is 4.21. The van der Waals surface area contributed by atoms with Crippen LogP contribution in [-0.4, -0.2) is 22.2 Å². The molecule has 0 fully saturated rings. The van der Waals surface area contributed by atoms with E-state index in [1.807, 2.05) is 0 Å². The average molecular weight is 302 g/mol. The number of H-pyrrole nitrogens is 1. The third-order valence-electron chi connectivity index (χ3n) is 2.08. The van der Waals surface area contributed by atoms with E-state index in [1.54, 1.807) is 4.98 Å². The summed E-state index contributed by atoms with van der Waals surface area (Å²) in [6.07, 6.45) is 0.746. The van der Waals surface area contributed by atoms with Crippen LogP contribution in [0.5, 0.6) is 0 Å². The van der Waals surface area contributed by atoms with Gasteiger partial charge in [0.1, 0.15) is 0 Å². The Morgan fingerprint density at radius 3 is 1.72 bits per heavy atom. The molecule has 104 valence electrons. The molecular formula is C8H4ClF8N. The molecule has 0 aromatic carbocycles. The maximum atomic E-state index is 13.1. The molecule has 0 spiro atoms. The summed E-state index contributed by atoms with van der Waals surface area (Å²) in [4.78, 5) is 1.56. The van der Waals surface area contributed by atoms with Crippen molar-refractivity contribution < 1.29 is 35.1 Å². The first kappa shape index (κ1) is 15.1. The molecule has 0 saturated heterocycles. The first-order valence-electron chi connectivity index (χ1n) is 4.19. The van der Waals surface area contributed by atoms with Gasteiger partial charge < -0.3 is 4.98 Å². The molecule has 0 amide bonds. The van der Waals surface area contributed by atoms with Gasteiger partial charge in [-0.05, 0) is 23.7 Å². The van der Waals surface area contributed by atoms with E-state index in [0.717, 1.165) is 12.3 Å². The SMILES string of the molecule is FC(F)(Cl)C(F)(F)C(F)(F)C(F)(F)c1ccc[nH]1. The maximum Gasteiger partial charge on any atom is 0.393 e. The zero-order chi connectivity index (χ0) is 14.4. The van der Waals surface area contributed by atoms with Gasteiger partial charge in [-0.2, -0.15) is 35.1 Å². The van der Waals surface area contributed by atoms with Gasteiger partial charge in [0.2, 0.25) is 0 Å². The Hall–Kier alpha value is -0.990. The number of halogens is 9. The lowest BCUT2D eigenvalue weighted by Gasteiger charge is -2.33. The molecule has 0 radical (unpaired) electrons. The molecule has 1 nitrogen and oxygen atoms in total. The minimum atomic E-state index is -6.43. The largest absolute Gasteiger partial charge is 0.393 e. The van der Waals surface area contributed by atoms with E-state index in [-0.39, 0.29) is 0 Å². The van der Waals surface area contributed by atoms with Crippen LogP contribution in [0.25, 0.3) is 0 Å². The van der Waals surface area contributed by atoms with Crippen LogP contribution in [0.3, 0.4) is 0 Å². The van der Waals surface area contributed by atoms with Gasteiger partial charge in [-0.1, -0.05) is 0 Å². The smallest absolute Gasteiger partial charge is 0.360 e. The highest BCUT2D eigenvalue weighted by Gasteiger charge is 2.81. The molecule has 0 aliphatic heterocycles. The fraction of sp³-hybridized carbons (Fsp3) is 0.500. The van der Waals surface area contributed by atoms with Gasteiger partial charge >= 0.3 is 23.1 Å². The predicted molar refractivity (Wildman–Crippen MR) is 45.4 cm³/mol. The topological polar surface area (TPSA) is 15.8 Å². The zero-order valence-electron chi connectivity index (χ0n) is 8.13. The summed E-state index contributed by atoms with van der Waals surface area (Å²) >= 11 is 3.77. The fourth-order valence-electron chi connectivity index (χ4n) is 1.07. The van der Waals surface area contributed by atoms with E-state index in [2.05, 4.69) is 11.6 Å². The van der Waals surface area contributed by atoms with Gasteiger partial charge in [-0.25, -0.2) is 0 Å². The highest BCUT2D eigenvalue weighted by molar-refractivity contribution is 6.22. The monoisotopic (exact) mass is 301 g/mol. The van der Waals surface area contributed by atoms with Crippen molar-refractivity contribution in [3.63, 3.8) is 0 Å². The summed E-state index contributed by atoms with van der Waals surface area (Å²) in [6.45, 7) is 0. The van der Waals surface area contributed by atoms with Crippen molar-refractivity contribution in [2.45, 2.75) is 23.1 Å². The lowest BCUT2D eigenvalue weighted by Crippen LogP contribution is -2.59. The molecule has 1 aromatic rings. The van der Waals surface area contributed by atoms with Crippen LogP contribution in [0.1, 0.15) is 5.69 Å². The molecule has 0 saturated carbocycles. The summed E-state index contributed by atoms with van der Waals surface area (Å²) in [7, 11) is 0. The van der Waals surface area contributed by atoms with Crippen molar-refractivity contribution in [2.24, 2.45) is 0 Å². The molecule has 18 heavy (non-hydrogen) atoms. The number of aromatic amines is 1. The minimum absolute atomic E-state index is 0.358. The molecule has 1 heterocycles. The van der Waals surface area contributed by atoms with E-state index in [0.29, 0.717) is 6.07 Å². The number of rotatable bonds is 4. The van der Waals surface area contributed by atoms with Crippen molar-refractivity contribution in [3.05, 3.63) is 24.0 Å². The van der Waals surface area contributed by atoms with Crippen LogP contribution in [0.2, 0.25) is 0 Å². The van der Waals surface area contributed by atoms with Gasteiger partial charge in [0.05, 0.1) is 5.69 Å². The molecule has 0 aliphatic carbocycles. The fourth-order valence-corrected chi connectivity index (χ4v) is 1.19. The van der Waals surface area contributed by atoms with E-state index < -0.39 is 28.8 Å². The summed E-state index contributed by atoms with van der Waals surface area (Å²) in [5.41, 5.74) is -1.63. The molecular weight excluding hydrogens is 298 g/mol. The van der Waals surface area contributed by atoms with Crippen molar-refractivity contribution in [3.8, 4) is 0 Å². The first-order chi connectivity index (χ1) is 7.86. The maximum absolute atomic E-state index is 13.1. The number of aromatic nitrogens is 1. The third-order valence-corrected chi connectivity index (χ3v) is 2.32. The van der Waals surface area contributed by atoms with Gasteiger partial charge in [0, 0.05) is 6.20 Å². The Morgan fingerprint density at radius 1 is 0.889 bits per heavy atom. The van der Waals surface area contributed by atoms with E-state index >= 15 is 0 Å². The number of nitrogens with one attached hydrogen (secondary N) is 1. The van der Waals surface area contributed by atoms with E-state index in [9.17, 15) is 35.1 Å². The molecule has 0 unspecified atom stereocenters. The lowest BCUT2D eigenvalue weighted by atomic mass is 10.0. The minimum Gasteiger partial charge on any atom is -0.360 e. The van der Waals surface area contributed by atoms with Gasteiger partial charge in [-0.3, -0.25) is 0 Å². The lowest BCUT2D eigenvalue weighted by molar-refractivity contribution is -0.353. The molecule has 1 rings (SSSR count). The molecule has 1 aromatic heterocycles. The molecule has 0 aliphatic rings. The van der Waals surface area contributed by atoms with Crippen LogP contribution in [-0.2, 0) is 5.92 Å². The van der Waals surface area contributed by atoms with Crippen molar-refractivity contribution in [1.29, 1.82) is 0 Å². The van der Waals surface area contributed by atoms with E-state index in [4.69, 9.17) is 0 Å². The average Bonchev–Trinajstić information content (AvgIpc) is 2.68. The Morgan fingerprint density at radius 2 is 1.39 bits per heavy atom. The highest BCUT2D eigenvalue weighted by Crippen LogP contribution is 2.56. The van der Waals surface area contributed by atoms with Gasteiger partial charge in [-0.15, -0.1) is 0 Å². The number of hydrogen-bond donors (Lipinski definition) is 1. The Balaban J connectivity index is 3.30. The van der Waals surface area contributed by atoms with Crippen molar-refractivity contribution in [1.82, 2.24) is 4.98 Å². The zero-order valence-corrected chi connectivity index (χ0v) is 8.89. The molecule has 0 bridgehead atoms. The van der Waals surface area contributed by atoms with Crippen LogP contribution in [0, 0.1) is 0 Å². The molecule has 1 N–H and O–H groups in total. The second-order valence-electron chi connectivity index (χ2n) is 3.30. The van der Waals surface area contributed by atoms with Crippen molar-refractivity contribution in [2.75, 3.05) is 0 Å². The molecule has 10 heteroatoms. The quantitative estimate of drug-likeness (QED) is 0.633. The van der Waals surface area contributed by atoms with Crippen LogP contribution in [0.15, 0.2) is 18.3 Å². The Labute approximate surface area is 99.7 Å². The standard InChI is InChI=1S/C8H4ClF8N/c9-8(16,17)7(14,15)6(12,13)5(10,11)4-2-1-3-18-4/h1-3,18H. The van der Waals surface area contributed by atoms with Crippen molar-refractivity contribution >= 4 is 11.6 Å². The molecule has 0 atom stereocenters. The number of alkyl halides is 9. The van der Waals surface area contributed by atoms with Gasteiger partial charge in [0.15, 0.2) is 0 Å². The Bertz CT molecular complexity index is 407. The van der Waals surface area contributed by atoms with Crippen LogP contribution < -0.4 is 0 Å². The van der Waals surface area contributed by atoms with E-state index in [1.165, 1.54) is 0 Å². The van der Waals surface area contributed by atoms with Crippen LogP contribution in [0.4, 0.5) is 35.1 Å². The Kier molecular flexibility index (Phi) is 3.35. The summed E-state index contributed by atoms with van der Waals surface area (Å²) in [6, 6.07) is 1.17. The highest BCUT2D eigenvalue weighted by atomic mass is 35.5. The summed E-state index contributed by atoms with van der Waals surface area (Å²) in [5, 5.41) is -5.83. The number of hydrogen-bond acceptors (Lipinski definition) is 0. The van der Waals surface area contributed by atoms with Gasteiger partial charge in [0.25, 0.3) is 0 Å². The third kappa shape index (κ3) is 1.94.